The molecule has 9 nitrogen and oxygen atoms in total. The van der Waals surface area contributed by atoms with Crippen LogP contribution in [0.4, 0.5) is 11.4 Å². The summed E-state index contributed by atoms with van der Waals surface area (Å²) in [5.74, 6) is -1.61. The monoisotopic (exact) mass is 407 g/mol. The van der Waals surface area contributed by atoms with Crippen molar-refractivity contribution in [3.05, 3.63) is 23.8 Å². The van der Waals surface area contributed by atoms with E-state index in [9.17, 15) is 19.5 Å². The van der Waals surface area contributed by atoms with Gasteiger partial charge in [0.05, 0.1) is 36.2 Å². The normalized spacial score (nSPS) is 13.7. The third-order valence-corrected chi connectivity index (χ3v) is 4.44. The highest BCUT2D eigenvalue weighted by atomic mass is 16.5. The molecule has 0 bridgehead atoms. The Kier molecular flexibility index (Phi) is 8.56. The van der Waals surface area contributed by atoms with E-state index in [4.69, 9.17) is 9.47 Å². The minimum absolute atomic E-state index is 0.0234. The van der Waals surface area contributed by atoms with E-state index in [2.05, 4.69) is 5.32 Å². The topological polar surface area (TPSA) is 108 Å². The molecule has 0 spiro atoms. The maximum Gasteiger partial charge on any atom is 0.335 e. The number of nitrogens with one attached hydrogen (secondary N) is 1. The number of fused-ring (bicyclic) bond motifs is 1. The van der Waals surface area contributed by atoms with Crippen LogP contribution in [0, 0.1) is 0 Å². The maximum atomic E-state index is 12.7. The first kappa shape index (κ1) is 22.8. The Morgan fingerprint density at radius 2 is 2.00 bits per heavy atom. The van der Waals surface area contributed by atoms with E-state index in [0.29, 0.717) is 44.1 Å². The van der Waals surface area contributed by atoms with Gasteiger partial charge in [-0.15, -0.1) is 0 Å². The smallest absolute Gasteiger partial charge is 0.335 e. The van der Waals surface area contributed by atoms with Crippen LogP contribution in [0.3, 0.4) is 0 Å². The molecule has 0 aromatic heterocycles. The van der Waals surface area contributed by atoms with Gasteiger partial charge in [-0.05, 0) is 38.5 Å². The molecular weight excluding hydrogens is 378 g/mol. The van der Waals surface area contributed by atoms with Crippen molar-refractivity contribution in [2.75, 3.05) is 56.3 Å². The molecule has 160 valence electrons. The molecule has 1 aromatic carbocycles. The number of aromatic carboxylic acids is 1. The summed E-state index contributed by atoms with van der Waals surface area (Å²) in [5.41, 5.74) is 1.01. The van der Waals surface area contributed by atoms with Gasteiger partial charge in [0, 0.05) is 26.8 Å². The van der Waals surface area contributed by atoms with Crippen molar-refractivity contribution in [2.24, 2.45) is 0 Å². The molecule has 1 aliphatic heterocycles. The van der Waals surface area contributed by atoms with E-state index in [1.165, 1.54) is 17.0 Å². The molecule has 1 heterocycles. The number of amides is 2. The summed E-state index contributed by atoms with van der Waals surface area (Å²) in [7, 11) is 1.57. The molecular formula is C20H29N3O6. The third kappa shape index (κ3) is 6.25. The van der Waals surface area contributed by atoms with Crippen molar-refractivity contribution in [3.8, 4) is 0 Å². The highest BCUT2D eigenvalue weighted by molar-refractivity contribution is 6.12. The number of carboxylic acids is 1. The highest BCUT2D eigenvalue weighted by Gasteiger charge is 2.32. The van der Waals surface area contributed by atoms with Gasteiger partial charge in [-0.25, -0.2) is 4.79 Å². The third-order valence-electron chi connectivity index (χ3n) is 4.44. The van der Waals surface area contributed by atoms with Gasteiger partial charge in [-0.3, -0.25) is 14.5 Å². The van der Waals surface area contributed by atoms with Gasteiger partial charge < -0.3 is 24.8 Å². The Bertz CT molecular complexity index is 737. The standard InChI is InChI=1S/C20H29N3O6/c1-14(2)29-9-4-8-22-16-6-5-15(20(26)27)11-17(16)23(13-19(22)25)18(24)12-21-7-10-28-3/h5-6,11,14,21H,4,7-10,12-13H2,1-3H3,(H,26,27). The first-order valence-corrected chi connectivity index (χ1v) is 9.64. The Morgan fingerprint density at radius 3 is 2.66 bits per heavy atom. The second-order valence-corrected chi connectivity index (χ2v) is 6.98. The summed E-state index contributed by atoms with van der Waals surface area (Å²) in [6.45, 7) is 5.67. The molecule has 0 radical (unpaired) electrons. The molecule has 0 aliphatic carbocycles. The predicted octanol–water partition coefficient (Wildman–Crippen LogP) is 1.12. The molecule has 0 saturated heterocycles. The zero-order valence-corrected chi connectivity index (χ0v) is 17.1. The van der Waals surface area contributed by atoms with Crippen LogP contribution in [0.25, 0.3) is 0 Å². The van der Waals surface area contributed by atoms with Crippen molar-refractivity contribution in [1.82, 2.24) is 5.32 Å². The molecule has 0 saturated carbocycles. The lowest BCUT2D eigenvalue weighted by molar-refractivity contribution is -0.122. The van der Waals surface area contributed by atoms with E-state index >= 15 is 0 Å². The summed E-state index contributed by atoms with van der Waals surface area (Å²) >= 11 is 0. The number of hydrogen-bond donors (Lipinski definition) is 2. The number of benzene rings is 1. The number of nitrogens with zero attached hydrogens (tertiary/aromatic N) is 2. The SMILES string of the molecule is COCCNCC(=O)N1CC(=O)N(CCCOC(C)C)c2ccc(C(=O)O)cc21. The number of hydrogen-bond acceptors (Lipinski definition) is 6. The number of carboxylic acid groups (broad SMARTS) is 1. The minimum atomic E-state index is -1.09. The quantitative estimate of drug-likeness (QED) is 0.529. The number of rotatable bonds is 11. The predicted molar refractivity (Wildman–Crippen MR) is 109 cm³/mol. The molecule has 0 fully saturated rings. The largest absolute Gasteiger partial charge is 0.478 e. The van der Waals surface area contributed by atoms with Gasteiger partial charge in [-0.2, -0.15) is 0 Å². The van der Waals surface area contributed by atoms with E-state index < -0.39 is 5.97 Å². The molecule has 29 heavy (non-hydrogen) atoms. The molecule has 9 heteroatoms. The second-order valence-electron chi connectivity index (χ2n) is 6.98. The lowest BCUT2D eigenvalue weighted by atomic mass is 10.1. The van der Waals surface area contributed by atoms with Crippen LogP contribution in [0.1, 0.15) is 30.6 Å². The van der Waals surface area contributed by atoms with Crippen LogP contribution in [0.5, 0.6) is 0 Å². The maximum absolute atomic E-state index is 12.7. The summed E-state index contributed by atoms with van der Waals surface area (Å²) in [6, 6.07) is 4.46. The van der Waals surface area contributed by atoms with E-state index in [1.807, 2.05) is 13.8 Å². The number of methoxy groups -OCH3 is 1. The van der Waals surface area contributed by atoms with Crippen LogP contribution in [0.2, 0.25) is 0 Å². The Morgan fingerprint density at radius 1 is 1.24 bits per heavy atom. The van der Waals surface area contributed by atoms with E-state index in [-0.39, 0.29) is 36.6 Å². The lowest BCUT2D eigenvalue weighted by Gasteiger charge is -2.36. The van der Waals surface area contributed by atoms with Crippen molar-refractivity contribution < 1.29 is 29.0 Å². The number of anilines is 2. The summed E-state index contributed by atoms with van der Waals surface area (Å²) in [6.07, 6.45) is 0.743. The van der Waals surface area contributed by atoms with E-state index in [0.717, 1.165) is 0 Å². The van der Waals surface area contributed by atoms with Crippen LogP contribution >= 0.6 is 0 Å². The second kappa shape index (κ2) is 10.9. The van der Waals surface area contributed by atoms with Gasteiger partial charge in [0.15, 0.2) is 0 Å². The van der Waals surface area contributed by atoms with Crippen LogP contribution in [-0.2, 0) is 19.1 Å². The summed E-state index contributed by atoms with van der Waals surface area (Å²) < 4.78 is 10.5. The number of ether oxygens (including phenoxy) is 2. The van der Waals surface area contributed by atoms with Gasteiger partial charge in [0.25, 0.3) is 0 Å². The Hall–Kier alpha value is -2.49. The number of carbonyl (C=O) groups excluding carboxylic acids is 2. The van der Waals surface area contributed by atoms with Gasteiger partial charge >= 0.3 is 5.97 Å². The first-order chi connectivity index (χ1) is 13.8. The van der Waals surface area contributed by atoms with Gasteiger partial charge in [0.1, 0.15) is 6.54 Å². The zero-order valence-electron chi connectivity index (χ0n) is 17.1. The van der Waals surface area contributed by atoms with Crippen LogP contribution in [-0.4, -0.2) is 75.5 Å². The molecule has 1 aliphatic rings. The number of carbonyl (C=O) groups is 3. The van der Waals surface area contributed by atoms with Crippen molar-refractivity contribution in [3.63, 3.8) is 0 Å². The molecule has 2 N–H and O–H groups in total. The molecule has 0 unspecified atom stereocenters. The first-order valence-electron chi connectivity index (χ1n) is 9.64. The average molecular weight is 407 g/mol. The highest BCUT2D eigenvalue weighted by Crippen LogP contribution is 2.34. The summed E-state index contributed by atoms with van der Waals surface area (Å²) in [5, 5.41) is 12.3. The van der Waals surface area contributed by atoms with Gasteiger partial charge in [-0.1, -0.05) is 0 Å². The van der Waals surface area contributed by atoms with E-state index in [1.54, 1.807) is 18.1 Å². The van der Waals surface area contributed by atoms with Gasteiger partial charge in [0.2, 0.25) is 11.8 Å². The fraction of sp³-hybridized carbons (Fsp3) is 0.550. The molecule has 0 atom stereocenters. The summed E-state index contributed by atoms with van der Waals surface area (Å²) in [4.78, 5) is 39.7. The fourth-order valence-electron chi connectivity index (χ4n) is 3.02. The molecule has 2 amide bonds. The molecule has 2 rings (SSSR count). The van der Waals surface area contributed by atoms with Crippen LogP contribution in [0.15, 0.2) is 18.2 Å². The van der Waals surface area contributed by atoms with Crippen molar-refractivity contribution >= 4 is 29.2 Å². The Labute approximate surface area is 170 Å². The Balaban J connectivity index is 2.21. The van der Waals surface area contributed by atoms with Crippen LogP contribution < -0.4 is 15.1 Å². The minimum Gasteiger partial charge on any atom is -0.478 e. The molecule has 1 aromatic rings. The fourth-order valence-corrected chi connectivity index (χ4v) is 3.02. The average Bonchev–Trinajstić information content (AvgIpc) is 2.68. The zero-order chi connectivity index (χ0) is 21.4. The van der Waals surface area contributed by atoms with Crippen molar-refractivity contribution in [1.29, 1.82) is 0 Å². The lowest BCUT2D eigenvalue weighted by Crippen LogP contribution is -2.50. The van der Waals surface area contributed by atoms with Crippen molar-refractivity contribution in [2.45, 2.75) is 26.4 Å².